The molecule has 27 heavy (non-hydrogen) atoms. The number of carbonyl (C=O) groups excluding carboxylic acids is 2. The Morgan fingerprint density at radius 1 is 1.11 bits per heavy atom. The topological polar surface area (TPSA) is 62.3 Å². The molecule has 0 aromatic carbocycles. The number of rotatable bonds is 3. The third-order valence-electron chi connectivity index (χ3n) is 7.63. The van der Waals surface area contributed by atoms with Crippen LogP contribution in [0.4, 0.5) is 5.13 Å². The Kier molecular flexibility index (Phi) is 4.30. The van der Waals surface area contributed by atoms with Crippen LogP contribution in [-0.2, 0) is 15.0 Å². The molecule has 4 aliphatic carbocycles. The molecule has 4 saturated carbocycles. The summed E-state index contributed by atoms with van der Waals surface area (Å²) in [6.45, 7) is 2.97. The third kappa shape index (κ3) is 3.20. The minimum absolute atomic E-state index is 0.00695. The van der Waals surface area contributed by atoms with Crippen LogP contribution in [0.2, 0.25) is 0 Å². The second kappa shape index (κ2) is 6.57. The SMILES string of the molecule is CC(=O)N1CCC(C(=O)Nc2nc(C34CC5CC(CC(C5)C3)C4)cs2)CC1. The van der Waals surface area contributed by atoms with Crippen LogP contribution >= 0.6 is 11.3 Å². The highest BCUT2D eigenvalue weighted by Gasteiger charge is 2.52. The molecule has 5 nitrogen and oxygen atoms in total. The van der Waals surface area contributed by atoms with Crippen LogP contribution in [-0.4, -0.2) is 34.8 Å². The summed E-state index contributed by atoms with van der Waals surface area (Å²) < 4.78 is 0. The maximum absolute atomic E-state index is 12.7. The molecular formula is C21H29N3O2S. The maximum Gasteiger partial charge on any atom is 0.229 e. The van der Waals surface area contributed by atoms with Gasteiger partial charge in [0.2, 0.25) is 11.8 Å². The van der Waals surface area contributed by atoms with Crippen molar-refractivity contribution in [3.8, 4) is 0 Å². The predicted octanol–water partition coefficient (Wildman–Crippen LogP) is 3.81. The van der Waals surface area contributed by atoms with Gasteiger partial charge in [0.15, 0.2) is 5.13 Å². The molecule has 1 aromatic rings. The zero-order valence-corrected chi connectivity index (χ0v) is 16.9. The second-order valence-electron chi connectivity index (χ2n) is 9.51. The van der Waals surface area contributed by atoms with Crippen LogP contribution in [0.5, 0.6) is 0 Å². The first kappa shape index (κ1) is 17.7. The highest BCUT2D eigenvalue weighted by Crippen LogP contribution is 2.60. The molecule has 6 heteroatoms. The van der Waals surface area contributed by atoms with E-state index in [1.807, 2.05) is 4.90 Å². The van der Waals surface area contributed by atoms with E-state index in [1.165, 1.54) is 44.2 Å². The van der Waals surface area contributed by atoms with Crippen molar-refractivity contribution in [3.05, 3.63) is 11.1 Å². The molecule has 0 unspecified atom stereocenters. The molecule has 1 saturated heterocycles. The predicted molar refractivity (Wildman–Crippen MR) is 106 cm³/mol. The Hall–Kier alpha value is -1.43. The molecule has 0 spiro atoms. The molecule has 146 valence electrons. The first-order chi connectivity index (χ1) is 13.0. The molecule has 1 N–H and O–H groups in total. The van der Waals surface area contributed by atoms with Gasteiger partial charge in [-0.25, -0.2) is 4.98 Å². The fourth-order valence-corrected chi connectivity index (χ4v) is 7.50. The quantitative estimate of drug-likeness (QED) is 0.858. The van der Waals surface area contributed by atoms with E-state index in [-0.39, 0.29) is 17.7 Å². The number of nitrogens with zero attached hydrogens (tertiary/aromatic N) is 2. The van der Waals surface area contributed by atoms with Crippen molar-refractivity contribution in [1.82, 2.24) is 9.88 Å². The molecule has 2 amide bonds. The van der Waals surface area contributed by atoms with E-state index in [1.54, 1.807) is 18.3 Å². The highest BCUT2D eigenvalue weighted by molar-refractivity contribution is 7.14. The summed E-state index contributed by atoms with van der Waals surface area (Å²) in [5, 5.41) is 6.05. The van der Waals surface area contributed by atoms with E-state index in [0.29, 0.717) is 18.5 Å². The van der Waals surface area contributed by atoms with Gasteiger partial charge < -0.3 is 10.2 Å². The summed E-state index contributed by atoms with van der Waals surface area (Å²) in [6.07, 6.45) is 9.72. The number of thiazole rings is 1. The standard InChI is InChI=1S/C21H29N3O2S/c1-13(25)24-4-2-17(3-5-24)19(26)23-20-22-18(12-27-20)21-9-14-6-15(10-21)8-16(7-14)11-21/h12,14-17H,2-11H2,1H3,(H,22,23,26). The molecule has 2 heterocycles. The van der Waals surface area contributed by atoms with E-state index in [9.17, 15) is 9.59 Å². The minimum Gasteiger partial charge on any atom is -0.343 e. The van der Waals surface area contributed by atoms with Crippen LogP contribution in [0.3, 0.4) is 0 Å². The largest absolute Gasteiger partial charge is 0.343 e. The summed E-state index contributed by atoms with van der Waals surface area (Å²) in [4.78, 5) is 30.8. The summed E-state index contributed by atoms with van der Waals surface area (Å²) in [5.74, 6) is 2.89. The van der Waals surface area contributed by atoms with Gasteiger partial charge in [0.1, 0.15) is 0 Å². The zero-order valence-electron chi connectivity index (χ0n) is 16.1. The van der Waals surface area contributed by atoms with Crippen LogP contribution in [0.15, 0.2) is 5.38 Å². The van der Waals surface area contributed by atoms with Gasteiger partial charge in [0.25, 0.3) is 0 Å². The number of anilines is 1. The second-order valence-corrected chi connectivity index (χ2v) is 10.4. The highest BCUT2D eigenvalue weighted by atomic mass is 32.1. The molecule has 1 aromatic heterocycles. The Bertz CT molecular complexity index is 715. The molecule has 1 aliphatic heterocycles. The van der Waals surface area contributed by atoms with Gasteiger partial charge in [-0.1, -0.05) is 0 Å². The zero-order chi connectivity index (χ0) is 18.6. The Morgan fingerprint density at radius 3 is 2.26 bits per heavy atom. The number of amides is 2. The summed E-state index contributed by atoms with van der Waals surface area (Å²) >= 11 is 1.59. The Labute approximate surface area is 164 Å². The Balaban J connectivity index is 1.24. The van der Waals surface area contributed by atoms with Gasteiger partial charge >= 0.3 is 0 Å². The summed E-state index contributed by atoms with van der Waals surface area (Å²) in [6, 6.07) is 0. The Morgan fingerprint density at radius 2 is 1.70 bits per heavy atom. The number of aromatic nitrogens is 1. The van der Waals surface area contributed by atoms with E-state index in [2.05, 4.69) is 10.7 Å². The lowest BCUT2D eigenvalue weighted by Gasteiger charge is -2.56. The average Bonchev–Trinajstić information content (AvgIpc) is 3.10. The van der Waals surface area contributed by atoms with E-state index < -0.39 is 0 Å². The molecule has 6 rings (SSSR count). The van der Waals surface area contributed by atoms with E-state index in [0.717, 1.165) is 35.7 Å². The van der Waals surface area contributed by atoms with Crippen molar-refractivity contribution in [2.45, 2.75) is 63.7 Å². The van der Waals surface area contributed by atoms with Crippen LogP contribution in [0.25, 0.3) is 0 Å². The normalized spacial score (nSPS) is 35.4. The fourth-order valence-electron chi connectivity index (χ4n) is 6.66. The van der Waals surface area contributed by atoms with Crippen molar-refractivity contribution in [2.75, 3.05) is 18.4 Å². The molecule has 0 atom stereocenters. The number of hydrogen-bond acceptors (Lipinski definition) is 4. The van der Waals surface area contributed by atoms with E-state index >= 15 is 0 Å². The first-order valence-corrected chi connectivity index (χ1v) is 11.4. The number of piperidine rings is 1. The van der Waals surface area contributed by atoms with Gasteiger partial charge in [-0.3, -0.25) is 9.59 Å². The average molecular weight is 388 g/mol. The molecule has 0 radical (unpaired) electrons. The molecule has 5 aliphatic rings. The lowest BCUT2D eigenvalue weighted by Crippen LogP contribution is -2.48. The lowest BCUT2D eigenvalue weighted by atomic mass is 9.49. The van der Waals surface area contributed by atoms with Crippen molar-refractivity contribution in [1.29, 1.82) is 0 Å². The van der Waals surface area contributed by atoms with Gasteiger partial charge in [-0.05, 0) is 69.1 Å². The van der Waals surface area contributed by atoms with Crippen molar-refractivity contribution < 1.29 is 9.59 Å². The smallest absolute Gasteiger partial charge is 0.229 e. The maximum atomic E-state index is 12.7. The molecule has 4 bridgehead atoms. The van der Waals surface area contributed by atoms with Crippen LogP contribution < -0.4 is 5.32 Å². The van der Waals surface area contributed by atoms with Crippen molar-refractivity contribution in [3.63, 3.8) is 0 Å². The number of hydrogen-bond donors (Lipinski definition) is 1. The van der Waals surface area contributed by atoms with Crippen molar-refractivity contribution >= 4 is 28.3 Å². The fraction of sp³-hybridized carbons (Fsp3) is 0.762. The van der Waals surface area contributed by atoms with Gasteiger partial charge in [0.05, 0.1) is 5.69 Å². The summed E-state index contributed by atoms with van der Waals surface area (Å²) in [7, 11) is 0. The monoisotopic (exact) mass is 387 g/mol. The van der Waals surface area contributed by atoms with Gasteiger partial charge in [-0.2, -0.15) is 0 Å². The number of nitrogens with one attached hydrogen (secondary N) is 1. The van der Waals surface area contributed by atoms with Gasteiger partial charge in [0, 0.05) is 36.7 Å². The van der Waals surface area contributed by atoms with E-state index in [4.69, 9.17) is 4.98 Å². The minimum atomic E-state index is -0.00695. The number of carbonyl (C=O) groups is 2. The van der Waals surface area contributed by atoms with Crippen LogP contribution in [0.1, 0.15) is 64.0 Å². The van der Waals surface area contributed by atoms with Gasteiger partial charge in [-0.15, -0.1) is 11.3 Å². The number of likely N-dealkylation sites (tertiary alicyclic amines) is 1. The third-order valence-corrected chi connectivity index (χ3v) is 8.38. The molecular weight excluding hydrogens is 358 g/mol. The lowest BCUT2D eigenvalue weighted by molar-refractivity contribution is -0.132. The van der Waals surface area contributed by atoms with Crippen LogP contribution in [0, 0.1) is 23.7 Å². The first-order valence-electron chi connectivity index (χ1n) is 10.5. The molecule has 5 fully saturated rings. The summed E-state index contributed by atoms with van der Waals surface area (Å²) in [5.41, 5.74) is 1.54. The van der Waals surface area contributed by atoms with Crippen molar-refractivity contribution in [2.24, 2.45) is 23.7 Å².